The molecule has 0 saturated heterocycles. The highest BCUT2D eigenvalue weighted by Gasteiger charge is 2.28. The highest BCUT2D eigenvalue weighted by Crippen LogP contribution is 2.36. The van der Waals surface area contributed by atoms with Crippen LogP contribution in [0.1, 0.15) is 57.1 Å². The number of hydrogen-bond acceptors (Lipinski definition) is 2. The molecule has 2 nitrogen and oxygen atoms in total. The van der Waals surface area contributed by atoms with Crippen LogP contribution in [0.5, 0.6) is 0 Å². The summed E-state index contributed by atoms with van der Waals surface area (Å²) >= 11 is 0. The molecule has 1 aliphatic carbocycles. The second-order valence-corrected chi connectivity index (χ2v) is 7.01. The van der Waals surface area contributed by atoms with Crippen molar-refractivity contribution in [3.63, 3.8) is 0 Å². The molecule has 0 heterocycles. The molecule has 0 fully saturated rings. The lowest BCUT2D eigenvalue weighted by atomic mass is 9.77. The zero-order chi connectivity index (χ0) is 14.6. The van der Waals surface area contributed by atoms with E-state index in [1.165, 1.54) is 30.4 Å². The van der Waals surface area contributed by atoms with Crippen molar-refractivity contribution in [1.29, 1.82) is 0 Å². The minimum Gasteiger partial charge on any atom is -0.389 e. The monoisotopic (exact) mass is 275 g/mol. The van der Waals surface area contributed by atoms with Crippen molar-refractivity contribution in [2.75, 3.05) is 13.1 Å². The third kappa shape index (κ3) is 4.32. The minimum atomic E-state index is -0.621. The smallest absolute Gasteiger partial charge is 0.0749 e. The summed E-state index contributed by atoms with van der Waals surface area (Å²) in [4.78, 5) is 0. The van der Waals surface area contributed by atoms with Gasteiger partial charge >= 0.3 is 0 Å². The maximum Gasteiger partial charge on any atom is 0.0749 e. The van der Waals surface area contributed by atoms with Crippen molar-refractivity contribution in [1.82, 2.24) is 5.32 Å². The fourth-order valence-electron chi connectivity index (χ4n) is 3.30. The average Bonchev–Trinajstić information content (AvgIpc) is 2.38. The topological polar surface area (TPSA) is 32.3 Å². The van der Waals surface area contributed by atoms with Crippen molar-refractivity contribution >= 4 is 0 Å². The third-order valence-electron chi connectivity index (χ3n) is 4.24. The first-order valence-corrected chi connectivity index (χ1v) is 7.99. The van der Waals surface area contributed by atoms with Gasteiger partial charge in [0.1, 0.15) is 0 Å². The van der Waals surface area contributed by atoms with Crippen molar-refractivity contribution in [2.45, 2.75) is 58.0 Å². The summed E-state index contributed by atoms with van der Waals surface area (Å²) in [6, 6.07) is 8.75. The van der Waals surface area contributed by atoms with Crippen molar-refractivity contribution < 1.29 is 5.11 Å². The van der Waals surface area contributed by atoms with Crippen molar-refractivity contribution in [3.8, 4) is 0 Å². The van der Waals surface area contributed by atoms with Crippen molar-refractivity contribution in [3.05, 3.63) is 35.4 Å². The van der Waals surface area contributed by atoms with Crippen LogP contribution >= 0.6 is 0 Å². The van der Waals surface area contributed by atoms with Crippen LogP contribution in [0.3, 0.4) is 0 Å². The SMILES string of the molecule is CC(C)CNCC(C)(O)CC1CCCc2ccccc21. The summed E-state index contributed by atoms with van der Waals surface area (Å²) in [6.07, 6.45) is 4.50. The van der Waals surface area contributed by atoms with Gasteiger partial charge in [-0.2, -0.15) is 0 Å². The predicted molar refractivity (Wildman–Crippen MR) is 85.1 cm³/mol. The summed E-state index contributed by atoms with van der Waals surface area (Å²) in [5, 5.41) is 14.0. The van der Waals surface area contributed by atoms with E-state index in [0.29, 0.717) is 18.4 Å². The molecule has 0 radical (unpaired) electrons. The van der Waals surface area contributed by atoms with Gasteiger partial charge in [0, 0.05) is 6.54 Å². The van der Waals surface area contributed by atoms with Crippen LogP contribution in [0.4, 0.5) is 0 Å². The zero-order valence-corrected chi connectivity index (χ0v) is 13.2. The normalized spacial score (nSPS) is 21.6. The Morgan fingerprint density at radius 1 is 1.35 bits per heavy atom. The maximum absolute atomic E-state index is 10.6. The van der Waals surface area contributed by atoms with Gasteiger partial charge in [-0.25, -0.2) is 0 Å². The molecule has 1 aromatic carbocycles. The van der Waals surface area contributed by atoms with E-state index in [1.54, 1.807) is 0 Å². The Morgan fingerprint density at radius 3 is 2.85 bits per heavy atom. The number of fused-ring (bicyclic) bond motifs is 1. The Labute approximate surface area is 123 Å². The standard InChI is InChI=1S/C18H29NO/c1-14(2)12-19-13-18(3,20)11-16-9-6-8-15-7-4-5-10-17(15)16/h4-5,7,10,14,16,19-20H,6,8-9,11-13H2,1-3H3. The number of benzene rings is 1. The van der Waals surface area contributed by atoms with Gasteiger partial charge in [-0.15, -0.1) is 0 Å². The first kappa shape index (κ1) is 15.5. The molecule has 0 saturated carbocycles. The molecule has 2 unspecified atom stereocenters. The van der Waals surface area contributed by atoms with Gasteiger partial charge in [-0.3, -0.25) is 0 Å². The van der Waals surface area contributed by atoms with Crippen LogP contribution in [0.25, 0.3) is 0 Å². The first-order valence-electron chi connectivity index (χ1n) is 7.99. The van der Waals surface area contributed by atoms with Crippen LogP contribution in [0, 0.1) is 5.92 Å². The summed E-state index contributed by atoms with van der Waals surface area (Å²) < 4.78 is 0. The summed E-state index contributed by atoms with van der Waals surface area (Å²) in [6.45, 7) is 8.01. The van der Waals surface area contributed by atoms with Gasteiger partial charge < -0.3 is 10.4 Å². The number of nitrogens with one attached hydrogen (secondary N) is 1. The second-order valence-electron chi connectivity index (χ2n) is 7.01. The van der Waals surface area contributed by atoms with E-state index in [9.17, 15) is 5.11 Å². The minimum absolute atomic E-state index is 0.510. The summed E-state index contributed by atoms with van der Waals surface area (Å²) in [5.41, 5.74) is 2.32. The Balaban J connectivity index is 1.96. The lowest BCUT2D eigenvalue weighted by Crippen LogP contribution is -2.40. The predicted octanol–water partition coefficient (Wildman–Crippen LogP) is 3.49. The lowest BCUT2D eigenvalue weighted by Gasteiger charge is -2.32. The molecule has 1 aromatic rings. The lowest BCUT2D eigenvalue weighted by molar-refractivity contribution is 0.0411. The van der Waals surface area contributed by atoms with E-state index in [0.717, 1.165) is 13.0 Å². The molecule has 2 atom stereocenters. The van der Waals surface area contributed by atoms with E-state index in [-0.39, 0.29) is 0 Å². The van der Waals surface area contributed by atoms with Crippen molar-refractivity contribution in [2.24, 2.45) is 5.92 Å². The van der Waals surface area contributed by atoms with E-state index in [1.807, 2.05) is 6.92 Å². The van der Waals surface area contributed by atoms with Gasteiger partial charge in [-0.1, -0.05) is 38.1 Å². The Hall–Kier alpha value is -0.860. The second kappa shape index (κ2) is 6.73. The van der Waals surface area contributed by atoms with Gasteiger partial charge in [0.2, 0.25) is 0 Å². The Kier molecular flexibility index (Phi) is 5.22. The molecule has 0 bridgehead atoms. The summed E-state index contributed by atoms with van der Waals surface area (Å²) in [7, 11) is 0. The summed E-state index contributed by atoms with van der Waals surface area (Å²) in [5.74, 6) is 1.14. The molecule has 0 amide bonds. The number of rotatable bonds is 6. The van der Waals surface area contributed by atoms with Gasteiger partial charge in [0.25, 0.3) is 0 Å². The molecule has 2 heteroatoms. The average molecular weight is 275 g/mol. The number of aliphatic hydroxyl groups is 1. The van der Waals surface area contributed by atoms with Crippen LogP contribution in [-0.2, 0) is 6.42 Å². The third-order valence-corrected chi connectivity index (χ3v) is 4.24. The molecule has 112 valence electrons. The molecule has 0 spiro atoms. The highest BCUT2D eigenvalue weighted by molar-refractivity contribution is 5.32. The Bertz CT molecular complexity index is 425. The Morgan fingerprint density at radius 2 is 2.10 bits per heavy atom. The largest absolute Gasteiger partial charge is 0.389 e. The number of hydrogen-bond donors (Lipinski definition) is 2. The molecule has 0 aromatic heterocycles. The molecular formula is C18H29NO. The van der Waals surface area contributed by atoms with Gasteiger partial charge in [0.05, 0.1) is 5.60 Å². The molecule has 2 N–H and O–H groups in total. The molecule has 0 aliphatic heterocycles. The molecule has 20 heavy (non-hydrogen) atoms. The fourth-order valence-corrected chi connectivity index (χ4v) is 3.30. The fraction of sp³-hybridized carbons (Fsp3) is 0.667. The molecular weight excluding hydrogens is 246 g/mol. The quantitative estimate of drug-likeness (QED) is 0.833. The van der Waals surface area contributed by atoms with E-state index < -0.39 is 5.60 Å². The van der Waals surface area contributed by atoms with Crippen LogP contribution in [-0.4, -0.2) is 23.8 Å². The van der Waals surface area contributed by atoms with Crippen LogP contribution < -0.4 is 5.32 Å². The van der Waals surface area contributed by atoms with Crippen LogP contribution in [0.15, 0.2) is 24.3 Å². The van der Waals surface area contributed by atoms with Gasteiger partial charge in [0.15, 0.2) is 0 Å². The molecule has 1 aliphatic rings. The van der Waals surface area contributed by atoms with E-state index in [2.05, 4.69) is 43.4 Å². The number of aryl methyl sites for hydroxylation is 1. The van der Waals surface area contributed by atoms with Crippen LogP contribution in [0.2, 0.25) is 0 Å². The molecule has 2 rings (SSSR count). The first-order chi connectivity index (χ1) is 9.48. The van der Waals surface area contributed by atoms with Gasteiger partial charge in [-0.05, 0) is 62.1 Å². The van der Waals surface area contributed by atoms with E-state index >= 15 is 0 Å². The van der Waals surface area contributed by atoms with E-state index in [4.69, 9.17) is 0 Å². The highest BCUT2D eigenvalue weighted by atomic mass is 16.3. The maximum atomic E-state index is 10.6. The zero-order valence-electron chi connectivity index (χ0n) is 13.2.